The Hall–Kier alpha value is -2.33. The Bertz CT molecular complexity index is 690. The Kier molecular flexibility index (Phi) is 5.71. The lowest BCUT2D eigenvalue weighted by Crippen LogP contribution is -2.42. The Labute approximate surface area is 158 Å². The Morgan fingerprint density at radius 1 is 1.22 bits per heavy atom. The van der Waals surface area contributed by atoms with Gasteiger partial charge in [-0.2, -0.15) is 15.2 Å². The van der Waals surface area contributed by atoms with Crippen LogP contribution in [0.25, 0.3) is 0 Å². The van der Waals surface area contributed by atoms with Gasteiger partial charge in [-0.15, -0.1) is 0 Å². The first-order valence-corrected chi connectivity index (χ1v) is 8.66. The smallest absolute Gasteiger partial charge is 0.436 e. The molecule has 152 valence electrons. The highest BCUT2D eigenvalue weighted by molar-refractivity contribution is 5.69. The van der Waals surface area contributed by atoms with Crippen LogP contribution in [0, 0.1) is 0 Å². The normalized spacial score (nSPS) is 20.5. The molecule has 10 nitrogen and oxygen atoms in total. The largest absolute Gasteiger partial charge is 0.442 e. The first-order chi connectivity index (χ1) is 12.3. The van der Waals surface area contributed by atoms with E-state index in [2.05, 4.69) is 5.10 Å². The number of aromatic nitrogens is 2. The highest BCUT2D eigenvalue weighted by atomic mass is 16.8. The van der Waals surface area contributed by atoms with Gasteiger partial charge in [-0.05, 0) is 47.6 Å². The van der Waals surface area contributed by atoms with Gasteiger partial charge in [-0.3, -0.25) is 9.89 Å². The summed E-state index contributed by atoms with van der Waals surface area (Å²) in [6.07, 6.45) is -1.01. The number of ether oxygens (including phenoxy) is 2. The SMILES string of the molecule is Cn1ccc(C2CC(N(O)C(=O)OC(C)(C)C)ON2C(=O)OC(C)(C)C)n1. The molecule has 10 heteroatoms. The molecule has 1 aliphatic heterocycles. The van der Waals surface area contributed by atoms with Crippen LogP contribution in [-0.2, 0) is 21.4 Å². The molecule has 1 aromatic heterocycles. The Balaban J connectivity index is 2.21. The molecule has 2 atom stereocenters. The van der Waals surface area contributed by atoms with Gasteiger partial charge in [0, 0.05) is 19.7 Å². The third-order valence-electron chi connectivity index (χ3n) is 3.45. The van der Waals surface area contributed by atoms with Crippen molar-refractivity contribution in [1.29, 1.82) is 0 Å². The summed E-state index contributed by atoms with van der Waals surface area (Å²) in [7, 11) is 1.74. The van der Waals surface area contributed by atoms with Gasteiger partial charge in [0.25, 0.3) is 0 Å². The molecule has 27 heavy (non-hydrogen) atoms. The quantitative estimate of drug-likeness (QED) is 0.617. The van der Waals surface area contributed by atoms with Crippen molar-refractivity contribution < 1.29 is 29.1 Å². The summed E-state index contributed by atoms with van der Waals surface area (Å²) in [6, 6.07) is 1.09. The van der Waals surface area contributed by atoms with Crippen molar-refractivity contribution >= 4 is 12.2 Å². The van der Waals surface area contributed by atoms with E-state index in [4.69, 9.17) is 14.3 Å². The highest BCUT2D eigenvalue weighted by Crippen LogP contribution is 2.35. The zero-order chi connectivity index (χ0) is 20.6. The number of rotatable bonds is 2. The van der Waals surface area contributed by atoms with E-state index in [0.29, 0.717) is 10.8 Å². The van der Waals surface area contributed by atoms with Crippen molar-refractivity contribution in [3.8, 4) is 0 Å². The number of carbonyl (C=O) groups is 2. The molecular weight excluding hydrogens is 356 g/mol. The topological polar surface area (TPSA) is 106 Å². The number of hydrogen-bond acceptors (Lipinski definition) is 7. The zero-order valence-corrected chi connectivity index (χ0v) is 16.8. The fourth-order valence-corrected chi connectivity index (χ4v) is 2.43. The summed E-state index contributed by atoms with van der Waals surface area (Å²) < 4.78 is 12.1. The van der Waals surface area contributed by atoms with Crippen LogP contribution >= 0.6 is 0 Å². The van der Waals surface area contributed by atoms with Gasteiger partial charge in [0.1, 0.15) is 17.2 Å². The van der Waals surface area contributed by atoms with E-state index in [0.717, 1.165) is 5.06 Å². The van der Waals surface area contributed by atoms with Crippen LogP contribution < -0.4 is 0 Å². The molecule has 0 spiro atoms. The van der Waals surface area contributed by atoms with E-state index in [1.54, 1.807) is 65.5 Å². The maximum Gasteiger partial charge on any atom is 0.436 e. The minimum absolute atomic E-state index is 0.103. The number of carbonyl (C=O) groups excluding carboxylic acids is 2. The van der Waals surface area contributed by atoms with Gasteiger partial charge < -0.3 is 9.47 Å². The van der Waals surface area contributed by atoms with Gasteiger partial charge in [-0.25, -0.2) is 14.4 Å². The van der Waals surface area contributed by atoms with Crippen molar-refractivity contribution in [1.82, 2.24) is 19.9 Å². The molecule has 1 fully saturated rings. The Morgan fingerprint density at radius 2 is 1.81 bits per heavy atom. The van der Waals surface area contributed by atoms with Gasteiger partial charge in [0.15, 0.2) is 6.23 Å². The summed E-state index contributed by atoms with van der Waals surface area (Å²) in [5.41, 5.74) is -0.984. The van der Waals surface area contributed by atoms with Crippen molar-refractivity contribution in [2.45, 2.75) is 71.4 Å². The average molecular weight is 384 g/mol. The molecule has 2 rings (SSSR count). The molecular formula is C17H28N4O6. The average Bonchev–Trinajstić information content (AvgIpc) is 3.08. The van der Waals surface area contributed by atoms with Crippen LogP contribution in [0.15, 0.2) is 12.3 Å². The second-order valence-electron chi connectivity index (χ2n) is 8.36. The van der Waals surface area contributed by atoms with Gasteiger partial charge >= 0.3 is 12.2 Å². The van der Waals surface area contributed by atoms with Crippen molar-refractivity contribution in [2.24, 2.45) is 7.05 Å². The van der Waals surface area contributed by atoms with Crippen molar-refractivity contribution in [3.63, 3.8) is 0 Å². The molecule has 0 aliphatic carbocycles. The molecule has 0 aromatic carbocycles. The standard InChI is InChI=1S/C17H28N4O6/c1-16(2,3)25-14(22)20(24)13-10-12(11-8-9-19(7)18-11)21(27-13)15(23)26-17(4,5)6/h8-9,12-13,24H,10H2,1-7H3. The summed E-state index contributed by atoms with van der Waals surface area (Å²) in [5, 5.41) is 15.8. The van der Waals surface area contributed by atoms with E-state index >= 15 is 0 Å². The third kappa shape index (κ3) is 5.57. The summed E-state index contributed by atoms with van der Waals surface area (Å²) in [4.78, 5) is 30.2. The number of amides is 2. The number of aryl methyl sites for hydroxylation is 1. The predicted octanol–water partition coefficient (Wildman–Crippen LogP) is 2.99. The van der Waals surface area contributed by atoms with Crippen LogP contribution in [0.5, 0.6) is 0 Å². The Morgan fingerprint density at radius 3 is 2.30 bits per heavy atom. The zero-order valence-electron chi connectivity index (χ0n) is 16.8. The maximum atomic E-state index is 12.5. The fourth-order valence-electron chi connectivity index (χ4n) is 2.43. The minimum Gasteiger partial charge on any atom is -0.442 e. The van der Waals surface area contributed by atoms with Gasteiger partial charge in [0.05, 0.1) is 5.69 Å². The fraction of sp³-hybridized carbons (Fsp3) is 0.706. The van der Waals surface area contributed by atoms with Crippen LogP contribution in [-0.4, -0.2) is 54.7 Å². The van der Waals surface area contributed by atoms with E-state index in [1.165, 1.54) is 0 Å². The van der Waals surface area contributed by atoms with Crippen LogP contribution in [0.4, 0.5) is 9.59 Å². The van der Waals surface area contributed by atoms with Crippen molar-refractivity contribution in [3.05, 3.63) is 18.0 Å². The molecule has 2 heterocycles. The molecule has 2 amide bonds. The number of hydrogen-bond donors (Lipinski definition) is 1. The molecule has 0 bridgehead atoms. The van der Waals surface area contributed by atoms with Crippen LogP contribution in [0.3, 0.4) is 0 Å². The summed E-state index contributed by atoms with van der Waals surface area (Å²) in [5.74, 6) is 0. The second kappa shape index (κ2) is 7.35. The lowest BCUT2D eigenvalue weighted by molar-refractivity contribution is -0.245. The minimum atomic E-state index is -1.13. The summed E-state index contributed by atoms with van der Waals surface area (Å²) in [6.45, 7) is 10.2. The molecule has 1 saturated heterocycles. The van der Waals surface area contributed by atoms with E-state index in [1.807, 2.05) is 0 Å². The van der Waals surface area contributed by atoms with Gasteiger partial charge in [0.2, 0.25) is 0 Å². The lowest BCUT2D eigenvalue weighted by Gasteiger charge is -2.27. The highest BCUT2D eigenvalue weighted by Gasteiger charge is 2.45. The lowest BCUT2D eigenvalue weighted by atomic mass is 10.1. The van der Waals surface area contributed by atoms with E-state index < -0.39 is 35.7 Å². The van der Waals surface area contributed by atoms with E-state index in [-0.39, 0.29) is 6.42 Å². The van der Waals surface area contributed by atoms with Crippen LogP contribution in [0.1, 0.15) is 59.7 Å². The maximum absolute atomic E-state index is 12.5. The first-order valence-electron chi connectivity index (χ1n) is 8.66. The predicted molar refractivity (Wildman–Crippen MR) is 93.4 cm³/mol. The molecule has 1 aliphatic rings. The number of hydroxylamine groups is 4. The molecule has 0 radical (unpaired) electrons. The second-order valence-corrected chi connectivity index (χ2v) is 8.36. The summed E-state index contributed by atoms with van der Waals surface area (Å²) >= 11 is 0. The van der Waals surface area contributed by atoms with E-state index in [9.17, 15) is 14.8 Å². The molecule has 1 aromatic rings. The first kappa shape index (κ1) is 21.0. The number of nitrogens with zero attached hydrogens (tertiary/aromatic N) is 4. The molecule has 2 unspecified atom stereocenters. The third-order valence-corrected chi connectivity index (χ3v) is 3.45. The molecule has 0 saturated carbocycles. The monoisotopic (exact) mass is 384 g/mol. The van der Waals surface area contributed by atoms with Crippen molar-refractivity contribution in [2.75, 3.05) is 0 Å². The van der Waals surface area contributed by atoms with Gasteiger partial charge in [-0.1, -0.05) is 0 Å². The van der Waals surface area contributed by atoms with Crippen LogP contribution in [0.2, 0.25) is 0 Å². The molecule has 1 N–H and O–H groups in total.